The lowest BCUT2D eigenvalue weighted by atomic mass is 10.2. The molecule has 0 aliphatic heterocycles. The lowest BCUT2D eigenvalue weighted by Gasteiger charge is -2.18. The summed E-state index contributed by atoms with van der Waals surface area (Å²) in [5.41, 5.74) is 0.658. The number of aliphatic hydroxyl groups is 1. The number of hydrogen-bond donors (Lipinski definition) is 1. The van der Waals surface area contributed by atoms with Gasteiger partial charge in [-0.1, -0.05) is 29.3 Å². The van der Waals surface area contributed by atoms with Crippen molar-refractivity contribution < 1.29 is 24.3 Å². The van der Waals surface area contributed by atoms with Crippen LogP contribution in [-0.2, 0) is 25.7 Å². The van der Waals surface area contributed by atoms with Crippen LogP contribution in [0.4, 0.5) is 0 Å². The molecule has 8 heteroatoms. The summed E-state index contributed by atoms with van der Waals surface area (Å²) in [7, 11) is 2.36. The quantitative estimate of drug-likeness (QED) is 0.387. The molecule has 21 heavy (non-hydrogen) atoms. The first-order chi connectivity index (χ1) is 9.88. The van der Waals surface area contributed by atoms with E-state index in [1.54, 1.807) is 18.2 Å². The van der Waals surface area contributed by atoms with Crippen LogP contribution in [0.15, 0.2) is 30.0 Å². The van der Waals surface area contributed by atoms with Gasteiger partial charge in [-0.2, -0.15) is 0 Å². The molecule has 0 radical (unpaired) electrons. The molecule has 0 atom stereocenters. The minimum atomic E-state index is -1.02. The van der Waals surface area contributed by atoms with Crippen molar-refractivity contribution in [3.63, 3.8) is 0 Å². The number of hydroxylamine groups is 2. The summed E-state index contributed by atoms with van der Waals surface area (Å²) in [5, 5.41) is 11.0. The zero-order valence-electron chi connectivity index (χ0n) is 11.3. The molecule has 6 nitrogen and oxygen atoms in total. The lowest BCUT2D eigenvalue weighted by Crippen LogP contribution is -2.28. The van der Waals surface area contributed by atoms with Gasteiger partial charge in [-0.3, -0.25) is 9.63 Å². The Morgan fingerprint density at radius 2 is 1.95 bits per heavy atom. The largest absolute Gasteiger partial charge is 0.502 e. The number of methoxy groups -OCH3 is 1. The van der Waals surface area contributed by atoms with Crippen molar-refractivity contribution in [3.05, 3.63) is 45.6 Å². The van der Waals surface area contributed by atoms with Crippen LogP contribution in [0, 0.1) is 0 Å². The third kappa shape index (κ3) is 4.93. The predicted octanol–water partition coefficient (Wildman–Crippen LogP) is 2.50. The van der Waals surface area contributed by atoms with Crippen LogP contribution in [-0.4, -0.2) is 36.3 Å². The molecule has 0 bridgehead atoms. The van der Waals surface area contributed by atoms with Gasteiger partial charge in [-0.25, -0.2) is 9.86 Å². The summed E-state index contributed by atoms with van der Waals surface area (Å²) in [6, 6.07) is 4.82. The Hall–Kier alpha value is -1.76. The number of aliphatic hydroxyl groups excluding tert-OH is 1. The predicted molar refractivity (Wildman–Crippen MR) is 76.7 cm³/mol. The van der Waals surface area contributed by atoms with E-state index in [4.69, 9.17) is 28.0 Å². The number of carbonyl (C=O) groups is 2. The standard InChI is InChI=1S/C13H13Cl2NO5/c1-20-13(19)11(17)6-12(18)16(21-2)7-8-3-4-9(14)10(15)5-8/h3-6,17H,7H2,1-2H3/b11-6-. The van der Waals surface area contributed by atoms with Gasteiger partial charge in [0.2, 0.25) is 5.76 Å². The molecule has 114 valence electrons. The number of nitrogens with zero attached hydrogens (tertiary/aromatic N) is 1. The third-order valence-electron chi connectivity index (χ3n) is 2.43. The fourth-order valence-corrected chi connectivity index (χ4v) is 1.71. The molecule has 0 aromatic heterocycles. The summed E-state index contributed by atoms with van der Waals surface area (Å²) in [6.45, 7) is 0.0528. The van der Waals surface area contributed by atoms with Crippen molar-refractivity contribution in [2.75, 3.05) is 14.2 Å². The number of esters is 1. The zero-order chi connectivity index (χ0) is 16.0. The number of ether oxygens (including phenoxy) is 1. The van der Waals surface area contributed by atoms with Crippen LogP contribution in [0.2, 0.25) is 10.0 Å². The Morgan fingerprint density at radius 1 is 1.29 bits per heavy atom. The molecule has 0 aliphatic carbocycles. The average Bonchev–Trinajstić information content (AvgIpc) is 2.47. The molecule has 0 spiro atoms. The molecule has 0 aliphatic rings. The summed E-state index contributed by atoms with van der Waals surface area (Å²) < 4.78 is 4.27. The van der Waals surface area contributed by atoms with Gasteiger partial charge in [0.25, 0.3) is 5.91 Å². The van der Waals surface area contributed by atoms with Crippen LogP contribution in [0.5, 0.6) is 0 Å². The Kier molecular flexibility index (Phi) is 6.48. The molecule has 1 N–H and O–H groups in total. The summed E-state index contributed by atoms with van der Waals surface area (Å²) in [4.78, 5) is 27.8. The first kappa shape index (κ1) is 17.3. The smallest absolute Gasteiger partial charge is 0.373 e. The SMILES string of the molecule is COC(=O)/C(O)=C/C(=O)N(Cc1ccc(Cl)c(Cl)c1)OC. The third-order valence-corrected chi connectivity index (χ3v) is 3.17. The molecule has 0 heterocycles. The van der Waals surface area contributed by atoms with E-state index in [1.807, 2.05) is 0 Å². The topological polar surface area (TPSA) is 76.1 Å². The van der Waals surface area contributed by atoms with Gasteiger partial charge in [0.05, 0.1) is 36.9 Å². The number of hydrogen-bond acceptors (Lipinski definition) is 5. The van der Waals surface area contributed by atoms with Crippen molar-refractivity contribution in [1.82, 2.24) is 5.06 Å². The van der Waals surface area contributed by atoms with Gasteiger partial charge in [0.15, 0.2) is 0 Å². The average molecular weight is 334 g/mol. The van der Waals surface area contributed by atoms with E-state index < -0.39 is 17.6 Å². The number of benzene rings is 1. The molecule has 0 unspecified atom stereocenters. The van der Waals surface area contributed by atoms with Crippen molar-refractivity contribution in [2.24, 2.45) is 0 Å². The van der Waals surface area contributed by atoms with E-state index >= 15 is 0 Å². The highest BCUT2D eigenvalue weighted by molar-refractivity contribution is 6.42. The Labute approximate surface area is 131 Å². The van der Waals surface area contributed by atoms with E-state index in [0.717, 1.165) is 12.2 Å². The summed E-state index contributed by atoms with van der Waals surface area (Å²) >= 11 is 11.7. The Morgan fingerprint density at radius 3 is 2.48 bits per heavy atom. The van der Waals surface area contributed by atoms with Crippen LogP contribution in [0.1, 0.15) is 5.56 Å². The minimum absolute atomic E-state index is 0.0528. The normalized spacial score (nSPS) is 11.1. The maximum atomic E-state index is 11.9. The maximum absolute atomic E-state index is 11.9. The van der Waals surface area contributed by atoms with Gasteiger partial charge in [0.1, 0.15) is 0 Å². The molecular formula is C13H13Cl2NO5. The van der Waals surface area contributed by atoms with E-state index in [2.05, 4.69) is 4.74 Å². The number of rotatable bonds is 5. The molecule has 0 saturated carbocycles. The lowest BCUT2D eigenvalue weighted by molar-refractivity contribution is -0.173. The van der Waals surface area contributed by atoms with E-state index in [9.17, 15) is 14.7 Å². The highest BCUT2D eigenvalue weighted by Gasteiger charge is 2.16. The number of halogens is 2. The fourth-order valence-electron chi connectivity index (χ4n) is 1.39. The Balaban J connectivity index is 2.85. The second-order valence-electron chi connectivity index (χ2n) is 3.83. The van der Waals surface area contributed by atoms with Crippen LogP contribution >= 0.6 is 23.2 Å². The van der Waals surface area contributed by atoms with E-state index in [0.29, 0.717) is 21.7 Å². The molecule has 1 rings (SSSR count). The first-order valence-corrected chi connectivity index (χ1v) is 6.43. The monoisotopic (exact) mass is 333 g/mol. The fraction of sp³-hybridized carbons (Fsp3) is 0.231. The summed E-state index contributed by atoms with van der Waals surface area (Å²) in [5.74, 6) is -2.57. The molecule has 1 aromatic rings. The zero-order valence-corrected chi connectivity index (χ0v) is 12.8. The van der Waals surface area contributed by atoms with Crippen molar-refractivity contribution in [3.8, 4) is 0 Å². The maximum Gasteiger partial charge on any atom is 0.373 e. The van der Waals surface area contributed by atoms with Crippen LogP contribution in [0.25, 0.3) is 0 Å². The van der Waals surface area contributed by atoms with E-state index in [-0.39, 0.29) is 6.54 Å². The molecule has 1 amide bonds. The molecule has 0 fully saturated rings. The van der Waals surface area contributed by atoms with Crippen molar-refractivity contribution >= 4 is 35.1 Å². The molecular weight excluding hydrogens is 321 g/mol. The van der Waals surface area contributed by atoms with Crippen molar-refractivity contribution in [2.45, 2.75) is 6.54 Å². The summed E-state index contributed by atoms with van der Waals surface area (Å²) in [6.07, 6.45) is 0.701. The second-order valence-corrected chi connectivity index (χ2v) is 4.64. The van der Waals surface area contributed by atoms with Gasteiger partial charge in [0, 0.05) is 0 Å². The highest BCUT2D eigenvalue weighted by atomic mass is 35.5. The van der Waals surface area contributed by atoms with Crippen LogP contribution < -0.4 is 0 Å². The molecule has 0 saturated heterocycles. The van der Waals surface area contributed by atoms with Gasteiger partial charge < -0.3 is 9.84 Å². The van der Waals surface area contributed by atoms with Gasteiger partial charge in [-0.15, -0.1) is 0 Å². The molecule has 1 aromatic carbocycles. The minimum Gasteiger partial charge on any atom is -0.502 e. The highest BCUT2D eigenvalue weighted by Crippen LogP contribution is 2.23. The number of amides is 1. The van der Waals surface area contributed by atoms with Gasteiger partial charge >= 0.3 is 5.97 Å². The Bertz CT molecular complexity index is 574. The van der Waals surface area contributed by atoms with E-state index in [1.165, 1.54) is 7.11 Å². The van der Waals surface area contributed by atoms with Crippen LogP contribution in [0.3, 0.4) is 0 Å². The van der Waals surface area contributed by atoms with Gasteiger partial charge in [-0.05, 0) is 17.7 Å². The van der Waals surface area contributed by atoms with Crippen molar-refractivity contribution in [1.29, 1.82) is 0 Å². The first-order valence-electron chi connectivity index (χ1n) is 5.67. The number of carbonyl (C=O) groups excluding carboxylic acids is 2. The second kappa shape index (κ2) is 7.87.